The first-order chi connectivity index (χ1) is 11.8. The van der Waals surface area contributed by atoms with Crippen LogP contribution in [0.25, 0.3) is 0 Å². The molecule has 1 aliphatic rings. The number of esters is 1. The van der Waals surface area contributed by atoms with E-state index in [0.29, 0.717) is 15.7 Å². The van der Waals surface area contributed by atoms with Crippen LogP contribution in [0.2, 0.25) is 5.02 Å². The quantitative estimate of drug-likeness (QED) is 0.577. The number of methoxy groups -OCH3 is 1. The Balaban J connectivity index is 2.35. The fourth-order valence-corrected chi connectivity index (χ4v) is 3.39. The van der Waals surface area contributed by atoms with E-state index in [1.807, 2.05) is 24.0 Å². The van der Waals surface area contributed by atoms with Crippen molar-refractivity contribution in [2.45, 2.75) is 19.4 Å². The summed E-state index contributed by atoms with van der Waals surface area (Å²) < 4.78 is 5.02. The highest BCUT2D eigenvalue weighted by Crippen LogP contribution is 2.31. The second-order valence-corrected chi connectivity index (χ2v) is 7.21. The lowest BCUT2D eigenvalue weighted by Crippen LogP contribution is -3.05. The second kappa shape index (κ2) is 8.65. The fraction of sp³-hybridized carbons (Fsp3) is 0.444. The first kappa shape index (κ1) is 19.7. The van der Waals surface area contributed by atoms with Crippen molar-refractivity contribution in [1.82, 2.24) is 10.2 Å². The molecule has 0 unspecified atom stereocenters. The SMILES string of the molecule is COC(=O)C1=C(C)N(CCC[NH+](C)C)C(=S)N[C@@H]1c1ccc(Cl)cc1. The molecule has 0 fully saturated rings. The van der Waals surface area contributed by atoms with Gasteiger partial charge in [-0.3, -0.25) is 0 Å². The molecule has 0 amide bonds. The molecule has 0 saturated carbocycles. The topological polar surface area (TPSA) is 46.0 Å². The average Bonchev–Trinajstić information content (AvgIpc) is 2.57. The van der Waals surface area contributed by atoms with Gasteiger partial charge in [-0.05, 0) is 36.8 Å². The van der Waals surface area contributed by atoms with Gasteiger partial charge >= 0.3 is 5.97 Å². The minimum absolute atomic E-state index is 0.340. The van der Waals surface area contributed by atoms with Gasteiger partial charge in [-0.25, -0.2) is 4.79 Å². The number of hydrogen-bond donors (Lipinski definition) is 2. The van der Waals surface area contributed by atoms with Gasteiger partial charge in [0, 0.05) is 23.7 Å². The lowest BCUT2D eigenvalue weighted by molar-refractivity contribution is -0.858. The number of hydrogen-bond acceptors (Lipinski definition) is 3. The largest absolute Gasteiger partial charge is 0.466 e. The van der Waals surface area contributed by atoms with E-state index in [4.69, 9.17) is 28.6 Å². The summed E-state index contributed by atoms with van der Waals surface area (Å²) in [7, 11) is 5.63. The van der Waals surface area contributed by atoms with Crippen LogP contribution in [-0.2, 0) is 9.53 Å². The van der Waals surface area contributed by atoms with Crippen LogP contribution < -0.4 is 10.2 Å². The molecule has 0 saturated heterocycles. The molecule has 2 N–H and O–H groups in total. The summed E-state index contributed by atoms with van der Waals surface area (Å²) in [6.07, 6.45) is 0.974. The highest BCUT2D eigenvalue weighted by Gasteiger charge is 2.34. The molecule has 1 aliphatic heterocycles. The highest BCUT2D eigenvalue weighted by atomic mass is 35.5. The Hall–Kier alpha value is -1.63. The minimum Gasteiger partial charge on any atom is -0.466 e. The number of benzene rings is 1. The van der Waals surface area contributed by atoms with E-state index < -0.39 is 0 Å². The van der Waals surface area contributed by atoms with Crippen molar-refractivity contribution in [3.05, 3.63) is 46.1 Å². The smallest absolute Gasteiger partial charge is 0.337 e. The Bertz CT molecular complexity index is 673. The molecule has 1 atom stereocenters. The fourth-order valence-electron chi connectivity index (χ4n) is 2.92. The number of allylic oxidation sites excluding steroid dienone is 1. The maximum atomic E-state index is 12.4. The summed E-state index contributed by atoms with van der Waals surface area (Å²) >= 11 is 11.5. The van der Waals surface area contributed by atoms with Gasteiger partial charge in [0.15, 0.2) is 5.11 Å². The highest BCUT2D eigenvalue weighted by molar-refractivity contribution is 7.80. The van der Waals surface area contributed by atoms with Crippen LogP contribution in [0.5, 0.6) is 0 Å². The Morgan fingerprint density at radius 1 is 1.36 bits per heavy atom. The van der Waals surface area contributed by atoms with Crippen LogP contribution in [0.3, 0.4) is 0 Å². The van der Waals surface area contributed by atoms with Gasteiger partial charge in [0.25, 0.3) is 0 Å². The number of halogens is 1. The normalized spacial score (nSPS) is 17.8. The summed E-state index contributed by atoms with van der Waals surface area (Å²) in [5.41, 5.74) is 2.34. The summed E-state index contributed by atoms with van der Waals surface area (Å²) in [6.45, 7) is 3.71. The van der Waals surface area contributed by atoms with Gasteiger partial charge in [0.2, 0.25) is 0 Å². The van der Waals surface area contributed by atoms with E-state index in [-0.39, 0.29) is 12.0 Å². The van der Waals surface area contributed by atoms with E-state index in [1.165, 1.54) is 12.0 Å². The molecule has 1 aromatic rings. The Morgan fingerprint density at radius 3 is 2.56 bits per heavy atom. The molecular weight excluding hydrogens is 358 g/mol. The van der Waals surface area contributed by atoms with Crippen LogP contribution in [0, 0.1) is 0 Å². The predicted octanol–water partition coefficient (Wildman–Crippen LogP) is 1.55. The van der Waals surface area contributed by atoms with Crippen molar-refractivity contribution in [2.75, 3.05) is 34.3 Å². The number of ether oxygens (including phenoxy) is 1. The summed E-state index contributed by atoms with van der Waals surface area (Å²) in [5.74, 6) is -0.351. The number of nitrogens with zero attached hydrogens (tertiary/aromatic N) is 1. The molecule has 0 radical (unpaired) electrons. The van der Waals surface area contributed by atoms with Gasteiger partial charge in [-0.2, -0.15) is 0 Å². The van der Waals surface area contributed by atoms with Gasteiger partial charge in [-0.15, -0.1) is 0 Å². The van der Waals surface area contributed by atoms with Crippen molar-refractivity contribution in [2.24, 2.45) is 0 Å². The first-order valence-electron chi connectivity index (χ1n) is 8.26. The number of rotatable bonds is 6. The third-order valence-corrected chi connectivity index (χ3v) is 4.85. The van der Waals surface area contributed by atoms with Crippen molar-refractivity contribution >= 4 is 34.9 Å². The van der Waals surface area contributed by atoms with Crippen molar-refractivity contribution < 1.29 is 14.4 Å². The molecule has 5 nitrogen and oxygen atoms in total. The van der Waals surface area contributed by atoms with E-state index in [2.05, 4.69) is 19.4 Å². The van der Waals surface area contributed by atoms with Gasteiger partial charge in [-0.1, -0.05) is 23.7 Å². The van der Waals surface area contributed by atoms with E-state index in [0.717, 1.165) is 30.8 Å². The molecule has 136 valence electrons. The molecule has 7 heteroatoms. The van der Waals surface area contributed by atoms with Crippen molar-refractivity contribution in [1.29, 1.82) is 0 Å². The summed E-state index contributed by atoms with van der Waals surface area (Å²) in [6, 6.07) is 7.05. The Morgan fingerprint density at radius 2 is 2.00 bits per heavy atom. The zero-order valence-electron chi connectivity index (χ0n) is 15.1. The number of thiocarbonyl (C=S) groups is 1. The lowest BCUT2D eigenvalue weighted by atomic mass is 9.95. The van der Waals surface area contributed by atoms with Crippen molar-refractivity contribution in [3.63, 3.8) is 0 Å². The van der Waals surface area contributed by atoms with Crippen LogP contribution in [0.15, 0.2) is 35.5 Å². The molecular formula is C18H25ClN3O2S+. The number of nitrogens with one attached hydrogen (secondary N) is 2. The van der Waals surface area contributed by atoms with Crippen LogP contribution in [-0.4, -0.2) is 50.3 Å². The van der Waals surface area contributed by atoms with E-state index >= 15 is 0 Å². The van der Waals surface area contributed by atoms with Crippen molar-refractivity contribution in [3.8, 4) is 0 Å². The molecule has 25 heavy (non-hydrogen) atoms. The standard InChI is InChI=1S/C18H24ClN3O2S/c1-12-15(17(23)24-4)16(13-6-8-14(19)9-7-13)20-18(25)22(12)11-5-10-21(2)3/h6-9,16H,5,10-11H2,1-4H3,(H,20,25)/p+1/t16-/m1/s1. The molecule has 0 aliphatic carbocycles. The third kappa shape index (κ3) is 4.71. The van der Waals surface area contributed by atoms with E-state index in [9.17, 15) is 4.79 Å². The first-order valence-corrected chi connectivity index (χ1v) is 9.05. The molecule has 1 heterocycles. The monoisotopic (exact) mass is 382 g/mol. The number of carbonyl (C=O) groups is 1. The third-order valence-electron chi connectivity index (χ3n) is 4.26. The zero-order valence-corrected chi connectivity index (χ0v) is 16.6. The van der Waals surface area contributed by atoms with E-state index in [1.54, 1.807) is 12.1 Å². The summed E-state index contributed by atoms with van der Waals surface area (Å²) in [5, 5.41) is 4.56. The molecule has 0 aromatic heterocycles. The summed E-state index contributed by atoms with van der Waals surface area (Å²) in [4.78, 5) is 15.8. The zero-order chi connectivity index (χ0) is 18.6. The van der Waals surface area contributed by atoms with Crippen LogP contribution in [0.4, 0.5) is 0 Å². The molecule has 1 aromatic carbocycles. The van der Waals surface area contributed by atoms with Crippen LogP contribution in [0.1, 0.15) is 24.9 Å². The van der Waals surface area contributed by atoms with Gasteiger partial charge in [0.1, 0.15) is 0 Å². The Kier molecular flexibility index (Phi) is 6.81. The molecule has 0 bridgehead atoms. The molecule has 0 spiro atoms. The second-order valence-electron chi connectivity index (χ2n) is 6.39. The lowest BCUT2D eigenvalue weighted by Gasteiger charge is -2.37. The Labute approximate surface area is 159 Å². The van der Waals surface area contributed by atoms with Gasteiger partial charge in [0.05, 0.1) is 39.4 Å². The number of carbonyl (C=O) groups excluding carboxylic acids is 1. The maximum absolute atomic E-state index is 12.4. The van der Waals surface area contributed by atoms with Gasteiger partial charge < -0.3 is 19.9 Å². The maximum Gasteiger partial charge on any atom is 0.337 e. The minimum atomic E-state index is -0.351. The average molecular weight is 383 g/mol. The van der Waals surface area contributed by atoms with Crippen LogP contribution >= 0.6 is 23.8 Å². The number of quaternary nitrogens is 1. The predicted molar refractivity (Wildman–Crippen MR) is 104 cm³/mol. The molecule has 2 rings (SSSR count).